The van der Waals surface area contributed by atoms with Crippen LogP contribution < -0.4 is 20.9 Å². The zero-order valence-electron chi connectivity index (χ0n) is 22.8. The minimum absolute atomic E-state index is 0.214. The molecule has 4 aromatic rings. The Balaban J connectivity index is 1.20. The molecule has 0 bridgehead atoms. The SMILES string of the molecule is C[C@@H](c1c[nH]c2ccccc12)[C@@H](NC(=O)N1CCN(c2ccccc2)CC1)C(=O)Nc1ccc2c(c1)CNCC2. The van der Waals surface area contributed by atoms with E-state index in [1.165, 1.54) is 11.1 Å². The number of fused-ring (bicyclic) bond motifs is 2. The second kappa shape index (κ2) is 11.4. The lowest BCUT2D eigenvalue weighted by Gasteiger charge is -2.37. The third-order valence-corrected chi connectivity index (χ3v) is 8.22. The number of urea groups is 1. The number of anilines is 2. The van der Waals surface area contributed by atoms with Crippen molar-refractivity contribution in [1.82, 2.24) is 20.5 Å². The number of nitrogens with one attached hydrogen (secondary N) is 4. The zero-order chi connectivity index (χ0) is 27.5. The fourth-order valence-corrected chi connectivity index (χ4v) is 5.88. The fraction of sp³-hybridized carbons (Fsp3) is 0.312. The van der Waals surface area contributed by atoms with Crippen molar-refractivity contribution in [1.29, 1.82) is 0 Å². The number of para-hydroxylation sites is 2. The van der Waals surface area contributed by atoms with E-state index in [1.54, 1.807) is 0 Å². The number of aromatic nitrogens is 1. The van der Waals surface area contributed by atoms with Crippen LogP contribution in [0.25, 0.3) is 10.9 Å². The normalized spacial score (nSPS) is 16.7. The molecule has 4 N–H and O–H groups in total. The Hall–Kier alpha value is -4.30. The van der Waals surface area contributed by atoms with Crippen LogP contribution in [0.1, 0.15) is 29.5 Å². The predicted molar refractivity (Wildman–Crippen MR) is 160 cm³/mol. The van der Waals surface area contributed by atoms with Crippen LogP contribution >= 0.6 is 0 Å². The molecule has 8 nitrogen and oxygen atoms in total. The van der Waals surface area contributed by atoms with Gasteiger partial charge in [-0.05, 0) is 60.0 Å². The second-order valence-electron chi connectivity index (χ2n) is 10.7. The molecule has 1 fully saturated rings. The summed E-state index contributed by atoms with van der Waals surface area (Å²) in [4.78, 5) is 34.8. The van der Waals surface area contributed by atoms with E-state index >= 15 is 0 Å². The number of carbonyl (C=O) groups is 2. The van der Waals surface area contributed by atoms with Crippen molar-refractivity contribution in [3.63, 3.8) is 0 Å². The number of rotatable bonds is 6. The van der Waals surface area contributed by atoms with Crippen LogP contribution in [0.3, 0.4) is 0 Å². The Morgan fingerprint density at radius 1 is 0.900 bits per heavy atom. The Bertz CT molecular complexity index is 1490. The van der Waals surface area contributed by atoms with Crippen LogP contribution in [-0.4, -0.2) is 60.6 Å². The number of H-pyrrole nitrogens is 1. The van der Waals surface area contributed by atoms with Gasteiger partial charge in [-0.25, -0.2) is 4.79 Å². The molecule has 1 saturated heterocycles. The zero-order valence-corrected chi connectivity index (χ0v) is 22.8. The van der Waals surface area contributed by atoms with Gasteiger partial charge in [0, 0.05) is 67.1 Å². The van der Waals surface area contributed by atoms with Gasteiger partial charge in [0.2, 0.25) is 5.91 Å². The fourth-order valence-electron chi connectivity index (χ4n) is 5.88. The molecule has 3 aromatic carbocycles. The van der Waals surface area contributed by atoms with Crippen molar-refractivity contribution < 1.29 is 9.59 Å². The summed E-state index contributed by atoms with van der Waals surface area (Å²) < 4.78 is 0. The molecule has 3 heterocycles. The van der Waals surface area contributed by atoms with Gasteiger partial charge in [0.1, 0.15) is 6.04 Å². The predicted octanol–water partition coefficient (Wildman–Crippen LogP) is 4.46. The number of hydrogen-bond acceptors (Lipinski definition) is 4. The van der Waals surface area contributed by atoms with Gasteiger partial charge >= 0.3 is 6.03 Å². The third kappa shape index (κ3) is 5.40. The first-order valence-electron chi connectivity index (χ1n) is 14.1. The standard InChI is InChI=1S/C32H36N6O2/c1-22(28-21-34-29-10-6-5-9-27(28)29)30(31(39)35-25-12-11-23-13-14-33-20-24(23)19-25)36-32(40)38-17-15-37(16-18-38)26-7-3-2-4-8-26/h2-12,19,21-22,30,33-34H,13-18,20H2,1H3,(H,35,39)(H,36,40)/t22-,30+/m0/s1. The van der Waals surface area contributed by atoms with Crippen molar-refractivity contribution in [2.45, 2.75) is 31.8 Å². The van der Waals surface area contributed by atoms with Crippen LogP contribution in [-0.2, 0) is 17.8 Å². The molecule has 0 unspecified atom stereocenters. The first-order valence-corrected chi connectivity index (χ1v) is 14.1. The van der Waals surface area contributed by atoms with Gasteiger partial charge in [-0.1, -0.05) is 49.4 Å². The van der Waals surface area contributed by atoms with E-state index in [1.807, 2.05) is 72.6 Å². The number of carbonyl (C=O) groups excluding carboxylic acids is 2. The molecule has 1 aromatic heterocycles. The van der Waals surface area contributed by atoms with Gasteiger partial charge in [0.25, 0.3) is 0 Å². The second-order valence-corrected chi connectivity index (χ2v) is 10.7. The van der Waals surface area contributed by atoms with Crippen molar-refractivity contribution in [3.8, 4) is 0 Å². The average Bonchev–Trinajstić information content (AvgIpc) is 3.44. The van der Waals surface area contributed by atoms with Crippen LogP contribution in [0.4, 0.5) is 16.2 Å². The van der Waals surface area contributed by atoms with Gasteiger partial charge in [-0.3, -0.25) is 4.79 Å². The summed E-state index contributed by atoms with van der Waals surface area (Å²) in [5.74, 6) is -0.484. The number of piperazine rings is 1. The third-order valence-electron chi connectivity index (χ3n) is 8.22. The molecule has 40 heavy (non-hydrogen) atoms. The number of benzene rings is 3. The highest BCUT2D eigenvalue weighted by Gasteiger charge is 2.32. The highest BCUT2D eigenvalue weighted by atomic mass is 16.2. The van der Waals surface area contributed by atoms with Gasteiger partial charge in [0.15, 0.2) is 0 Å². The minimum atomic E-state index is -0.756. The molecule has 8 heteroatoms. The van der Waals surface area contributed by atoms with E-state index in [0.29, 0.717) is 13.1 Å². The summed E-state index contributed by atoms with van der Waals surface area (Å²) in [7, 11) is 0. The lowest BCUT2D eigenvalue weighted by molar-refractivity contribution is -0.118. The van der Waals surface area contributed by atoms with Crippen molar-refractivity contribution >= 4 is 34.2 Å². The van der Waals surface area contributed by atoms with Gasteiger partial charge in [0.05, 0.1) is 0 Å². The quantitative estimate of drug-likeness (QED) is 0.293. The monoisotopic (exact) mass is 536 g/mol. The van der Waals surface area contributed by atoms with Crippen LogP contribution in [0.2, 0.25) is 0 Å². The lowest BCUT2D eigenvalue weighted by Crippen LogP contribution is -2.56. The Labute approximate surface area is 234 Å². The van der Waals surface area contributed by atoms with E-state index in [9.17, 15) is 9.59 Å². The molecule has 0 aliphatic carbocycles. The first kappa shape index (κ1) is 26.0. The van der Waals surface area contributed by atoms with Crippen molar-refractivity contribution in [2.75, 3.05) is 42.9 Å². The topological polar surface area (TPSA) is 92.5 Å². The Morgan fingerprint density at radius 2 is 1.68 bits per heavy atom. The summed E-state index contributed by atoms with van der Waals surface area (Å²) in [6.45, 7) is 6.44. The smallest absolute Gasteiger partial charge is 0.318 e. The van der Waals surface area contributed by atoms with Crippen LogP contribution in [0.5, 0.6) is 0 Å². The molecular formula is C32H36N6O2. The highest BCUT2D eigenvalue weighted by molar-refractivity contribution is 5.98. The molecular weight excluding hydrogens is 500 g/mol. The molecule has 2 aliphatic rings. The highest BCUT2D eigenvalue weighted by Crippen LogP contribution is 2.29. The van der Waals surface area contributed by atoms with Crippen molar-refractivity contribution in [3.05, 3.63) is 95.7 Å². The average molecular weight is 537 g/mol. The van der Waals surface area contributed by atoms with E-state index in [-0.39, 0.29) is 17.9 Å². The minimum Gasteiger partial charge on any atom is -0.368 e. The summed E-state index contributed by atoms with van der Waals surface area (Å²) in [5, 5.41) is 10.7. The van der Waals surface area contributed by atoms with Crippen LogP contribution in [0.15, 0.2) is 79.0 Å². The van der Waals surface area contributed by atoms with E-state index in [0.717, 1.165) is 60.4 Å². The van der Waals surface area contributed by atoms with E-state index in [4.69, 9.17) is 0 Å². The summed E-state index contributed by atoms with van der Waals surface area (Å²) in [5.41, 5.74) is 6.42. The summed E-state index contributed by atoms with van der Waals surface area (Å²) in [6, 6.07) is 23.4. The number of nitrogens with zero attached hydrogens (tertiary/aromatic N) is 2. The van der Waals surface area contributed by atoms with Crippen molar-refractivity contribution in [2.24, 2.45) is 0 Å². The van der Waals surface area contributed by atoms with Crippen LogP contribution in [0, 0.1) is 0 Å². The Morgan fingerprint density at radius 3 is 2.50 bits per heavy atom. The molecule has 0 spiro atoms. The molecule has 0 saturated carbocycles. The number of aromatic amines is 1. The maximum Gasteiger partial charge on any atom is 0.318 e. The maximum absolute atomic E-state index is 13.8. The summed E-state index contributed by atoms with van der Waals surface area (Å²) >= 11 is 0. The largest absolute Gasteiger partial charge is 0.368 e. The summed E-state index contributed by atoms with van der Waals surface area (Å²) in [6.07, 6.45) is 2.93. The Kier molecular flexibility index (Phi) is 7.42. The molecule has 6 rings (SSSR count). The first-order chi connectivity index (χ1) is 19.6. The lowest BCUT2D eigenvalue weighted by atomic mass is 9.92. The van der Waals surface area contributed by atoms with E-state index < -0.39 is 6.04 Å². The molecule has 0 radical (unpaired) electrons. The van der Waals surface area contributed by atoms with Gasteiger partial charge in [-0.2, -0.15) is 0 Å². The molecule has 2 atom stereocenters. The number of hydrogen-bond donors (Lipinski definition) is 4. The van der Waals surface area contributed by atoms with E-state index in [2.05, 4.69) is 44.0 Å². The van der Waals surface area contributed by atoms with Gasteiger partial charge < -0.3 is 30.7 Å². The number of amides is 3. The molecule has 206 valence electrons. The molecule has 3 amide bonds. The maximum atomic E-state index is 13.8. The molecule has 2 aliphatic heterocycles. The van der Waals surface area contributed by atoms with Gasteiger partial charge in [-0.15, -0.1) is 0 Å².